The Morgan fingerprint density at radius 2 is 1.68 bits per heavy atom. The number of rotatable bonds is 5. The van der Waals surface area contributed by atoms with Gasteiger partial charge in [0.1, 0.15) is 12.4 Å². The highest BCUT2D eigenvalue weighted by molar-refractivity contribution is 8.00. The van der Waals surface area contributed by atoms with Gasteiger partial charge in [0, 0.05) is 29.2 Å². The van der Waals surface area contributed by atoms with Gasteiger partial charge in [-0.05, 0) is 62.1 Å². The molecule has 0 aliphatic carbocycles. The van der Waals surface area contributed by atoms with Crippen LogP contribution >= 0.6 is 23.4 Å². The zero-order chi connectivity index (χ0) is 27.8. The maximum Gasteiger partial charge on any atom is 0.242 e. The monoisotopic (exact) mass is 570 g/mol. The minimum atomic E-state index is -0.156. The number of thioether (sulfide) groups is 1. The van der Waals surface area contributed by atoms with Crippen molar-refractivity contribution in [1.29, 1.82) is 0 Å². The number of hydrogen-bond donors (Lipinski definition) is 0. The number of fused-ring (bicyclic) bond motifs is 1. The maximum atomic E-state index is 13.9. The zero-order valence-corrected chi connectivity index (χ0v) is 24.2. The number of halogens is 1. The van der Waals surface area contributed by atoms with Crippen molar-refractivity contribution in [2.45, 2.75) is 31.9 Å². The molecule has 1 saturated heterocycles. The van der Waals surface area contributed by atoms with Gasteiger partial charge < -0.3 is 4.90 Å². The Morgan fingerprint density at radius 1 is 0.975 bits per heavy atom. The van der Waals surface area contributed by atoms with E-state index in [9.17, 15) is 9.59 Å². The number of amides is 2. The number of carbonyl (C=O) groups is 2. The Morgan fingerprint density at radius 3 is 2.38 bits per heavy atom. The Balaban J connectivity index is 1.62. The first kappa shape index (κ1) is 26.7. The molecular weight excluding hydrogens is 540 g/mol. The van der Waals surface area contributed by atoms with E-state index in [1.54, 1.807) is 16.7 Å². The van der Waals surface area contributed by atoms with Crippen molar-refractivity contribution in [2.24, 2.45) is 0 Å². The summed E-state index contributed by atoms with van der Waals surface area (Å²) in [7, 11) is 0. The topological polar surface area (TPSA) is 58.4 Å². The van der Waals surface area contributed by atoms with Crippen LogP contribution in [0.25, 0.3) is 16.9 Å². The molecule has 6 nitrogen and oxygen atoms in total. The van der Waals surface area contributed by atoms with Crippen LogP contribution < -0.4 is 4.90 Å². The van der Waals surface area contributed by atoms with E-state index < -0.39 is 0 Å². The van der Waals surface area contributed by atoms with E-state index in [4.69, 9.17) is 16.7 Å². The Bertz CT molecular complexity index is 1560. The predicted molar refractivity (Wildman–Crippen MR) is 162 cm³/mol. The van der Waals surface area contributed by atoms with E-state index in [0.717, 1.165) is 65.1 Å². The fourth-order valence-corrected chi connectivity index (χ4v) is 6.95. The Hall–Kier alpha value is -3.55. The van der Waals surface area contributed by atoms with Crippen LogP contribution in [0, 0.1) is 13.8 Å². The quantitative estimate of drug-likeness (QED) is 0.271. The molecule has 0 saturated carbocycles. The lowest BCUT2D eigenvalue weighted by atomic mass is 9.96. The van der Waals surface area contributed by atoms with Crippen LogP contribution in [0.2, 0.25) is 5.02 Å². The second-order valence-electron chi connectivity index (χ2n) is 10.5. The van der Waals surface area contributed by atoms with Crippen molar-refractivity contribution in [3.05, 3.63) is 100 Å². The molecular formula is C32H31ClN4O2S. The Labute approximate surface area is 243 Å². The molecule has 1 aromatic heterocycles. The van der Waals surface area contributed by atoms with E-state index in [1.165, 1.54) is 0 Å². The number of nitrogens with zero attached hydrogens (tertiary/aromatic N) is 4. The molecule has 0 spiro atoms. The molecule has 1 atom stereocenters. The van der Waals surface area contributed by atoms with E-state index in [2.05, 4.69) is 19.1 Å². The minimum Gasteiger partial charge on any atom is -0.341 e. The van der Waals surface area contributed by atoms with E-state index in [0.29, 0.717) is 10.8 Å². The summed E-state index contributed by atoms with van der Waals surface area (Å²) in [5, 5.41) is 5.66. The number of likely N-dealkylation sites (tertiary alicyclic amines) is 1. The third-order valence-corrected chi connectivity index (χ3v) is 9.20. The van der Waals surface area contributed by atoms with Crippen LogP contribution in [0.15, 0.2) is 72.8 Å². The van der Waals surface area contributed by atoms with Gasteiger partial charge in [-0.2, -0.15) is 5.10 Å². The average molecular weight is 571 g/mol. The molecule has 3 heterocycles. The lowest BCUT2D eigenvalue weighted by Crippen LogP contribution is -2.43. The summed E-state index contributed by atoms with van der Waals surface area (Å²) in [6, 6.07) is 24.1. The third kappa shape index (κ3) is 5.04. The smallest absolute Gasteiger partial charge is 0.242 e. The van der Waals surface area contributed by atoms with E-state index in [1.807, 2.05) is 77.2 Å². The summed E-state index contributed by atoms with van der Waals surface area (Å²) >= 11 is 7.86. The first-order valence-corrected chi connectivity index (χ1v) is 15.0. The molecule has 204 valence electrons. The van der Waals surface area contributed by atoms with Gasteiger partial charge in [0.05, 0.1) is 22.4 Å². The number of aromatic nitrogens is 2. The summed E-state index contributed by atoms with van der Waals surface area (Å²) < 4.78 is 1.85. The van der Waals surface area contributed by atoms with Crippen molar-refractivity contribution in [3.63, 3.8) is 0 Å². The van der Waals surface area contributed by atoms with Crippen LogP contribution in [0.4, 0.5) is 5.82 Å². The summed E-state index contributed by atoms with van der Waals surface area (Å²) in [4.78, 5) is 30.9. The van der Waals surface area contributed by atoms with Gasteiger partial charge in [-0.1, -0.05) is 65.7 Å². The highest BCUT2D eigenvalue weighted by Gasteiger charge is 2.38. The average Bonchev–Trinajstić information content (AvgIpc) is 3.60. The second-order valence-corrected chi connectivity index (χ2v) is 12.0. The van der Waals surface area contributed by atoms with Crippen molar-refractivity contribution in [3.8, 4) is 16.9 Å². The molecule has 2 amide bonds. The van der Waals surface area contributed by atoms with Gasteiger partial charge in [0.2, 0.25) is 11.8 Å². The van der Waals surface area contributed by atoms with E-state index in [-0.39, 0.29) is 29.4 Å². The second kappa shape index (κ2) is 11.1. The molecule has 40 heavy (non-hydrogen) atoms. The van der Waals surface area contributed by atoms with Gasteiger partial charge in [0.15, 0.2) is 0 Å². The van der Waals surface area contributed by atoms with Gasteiger partial charge in [0.25, 0.3) is 0 Å². The van der Waals surface area contributed by atoms with Gasteiger partial charge >= 0.3 is 0 Å². The standard InChI is InChI=1S/C32H31ClN4O2S/c1-21-9-15-25(16-10-21)37-32-29(30(34-37)23-11-13-24(33)14-12-23)31(26-8-4-3-7-22(26)2)40-20-28(39)36(32)19-27(38)35-17-5-6-18-35/h3-4,7-16,31H,5-6,17-20H2,1-2H3/t31-/m0/s1. The summed E-state index contributed by atoms with van der Waals surface area (Å²) in [5.74, 6) is 0.797. The molecule has 0 unspecified atom stereocenters. The summed E-state index contributed by atoms with van der Waals surface area (Å²) in [6.07, 6.45) is 2.00. The molecule has 2 aliphatic rings. The summed E-state index contributed by atoms with van der Waals surface area (Å²) in [6.45, 7) is 5.61. The molecule has 1 fully saturated rings. The van der Waals surface area contributed by atoms with Gasteiger partial charge in [-0.3, -0.25) is 14.5 Å². The molecule has 8 heteroatoms. The normalized spacial score (nSPS) is 17.2. The number of anilines is 1. The number of carbonyl (C=O) groups excluding carboxylic acids is 2. The van der Waals surface area contributed by atoms with E-state index >= 15 is 0 Å². The van der Waals surface area contributed by atoms with Crippen molar-refractivity contribution in [1.82, 2.24) is 14.7 Å². The lowest BCUT2D eigenvalue weighted by Gasteiger charge is -2.25. The number of hydrogen-bond acceptors (Lipinski definition) is 4. The highest BCUT2D eigenvalue weighted by Crippen LogP contribution is 2.49. The fourth-order valence-electron chi connectivity index (χ4n) is 5.53. The molecule has 0 radical (unpaired) electrons. The maximum absolute atomic E-state index is 13.9. The summed E-state index contributed by atoms with van der Waals surface area (Å²) in [5.41, 5.74) is 6.86. The van der Waals surface area contributed by atoms with Crippen LogP contribution in [-0.4, -0.2) is 51.9 Å². The van der Waals surface area contributed by atoms with Gasteiger partial charge in [-0.25, -0.2) is 4.68 Å². The Kier molecular flexibility index (Phi) is 7.43. The molecule has 0 bridgehead atoms. The minimum absolute atomic E-state index is 0.00943. The van der Waals surface area contributed by atoms with Crippen molar-refractivity contribution in [2.75, 3.05) is 30.3 Å². The van der Waals surface area contributed by atoms with Crippen LogP contribution in [0.3, 0.4) is 0 Å². The molecule has 3 aromatic carbocycles. The molecule has 0 N–H and O–H groups in total. The predicted octanol–water partition coefficient (Wildman–Crippen LogP) is 6.60. The lowest BCUT2D eigenvalue weighted by molar-refractivity contribution is -0.130. The van der Waals surface area contributed by atoms with Gasteiger partial charge in [-0.15, -0.1) is 11.8 Å². The first-order valence-electron chi connectivity index (χ1n) is 13.6. The zero-order valence-electron chi connectivity index (χ0n) is 22.6. The van der Waals surface area contributed by atoms with Crippen LogP contribution in [0.5, 0.6) is 0 Å². The first-order chi connectivity index (χ1) is 19.4. The molecule has 6 rings (SSSR count). The fraction of sp³-hybridized carbons (Fsp3) is 0.281. The van der Waals surface area contributed by atoms with Crippen LogP contribution in [-0.2, 0) is 9.59 Å². The molecule has 4 aromatic rings. The number of benzene rings is 3. The third-order valence-electron chi connectivity index (χ3n) is 7.71. The number of aryl methyl sites for hydroxylation is 2. The van der Waals surface area contributed by atoms with Crippen LogP contribution in [0.1, 0.15) is 40.3 Å². The SMILES string of the molecule is Cc1ccc(-n2nc(-c3ccc(Cl)cc3)c3c2N(CC(=O)N2CCCC2)C(=O)CS[C@H]3c2ccccc2C)cc1. The largest absolute Gasteiger partial charge is 0.341 e. The van der Waals surface area contributed by atoms with Crippen molar-refractivity contribution < 1.29 is 9.59 Å². The van der Waals surface area contributed by atoms with Crippen molar-refractivity contribution >= 4 is 41.0 Å². The molecule has 2 aliphatic heterocycles. The highest BCUT2D eigenvalue weighted by atomic mass is 35.5.